The summed E-state index contributed by atoms with van der Waals surface area (Å²) in [5.74, 6) is 0.274. The second kappa shape index (κ2) is 8.18. The van der Waals surface area contributed by atoms with Crippen LogP contribution in [0.1, 0.15) is 49.7 Å². The minimum atomic E-state index is 0.274. The van der Waals surface area contributed by atoms with Gasteiger partial charge in [-0.1, -0.05) is 43.5 Å². The van der Waals surface area contributed by atoms with Gasteiger partial charge < -0.3 is 10.6 Å². The van der Waals surface area contributed by atoms with Crippen molar-refractivity contribution < 1.29 is 4.79 Å². The molecule has 0 unspecified atom stereocenters. The van der Waals surface area contributed by atoms with Gasteiger partial charge in [-0.25, -0.2) is 0 Å². The first-order valence-electron chi connectivity index (χ1n) is 8.26. The lowest BCUT2D eigenvalue weighted by atomic mass is 9.93. The summed E-state index contributed by atoms with van der Waals surface area (Å²) in [6, 6.07) is 8.75. The van der Waals surface area contributed by atoms with E-state index in [1.165, 1.54) is 30.4 Å². The van der Waals surface area contributed by atoms with Crippen molar-refractivity contribution in [3.8, 4) is 0 Å². The molecule has 21 heavy (non-hydrogen) atoms. The molecular formula is C18H28N2O. The maximum absolute atomic E-state index is 12.6. The highest BCUT2D eigenvalue weighted by atomic mass is 16.2. The van der Waals surface area contributed by atoms with E-state index >= 15 is 0 Å². The molecule has 0 aromatic heterocycles. The van der Waals surface area contributed by atoms with Crippen molar-refractivity contribution in [3.05, 3.63) is 35.4 Å². The first-order chi connectivity index (χ1) is 10.2. The molecule has 1 fully saturated rings. The summed E-state index contributed by atoms with van der Waals surface area (Å²) in [4.78, 5) is 14.6. The molecule has 0 spiro atoms. The summed E-state index contributed by atoms with van der Waals surface area (Å²) in [6.07, 6.45) is 7.53. The largest absolute Gasteiger partial charge is 0.338 e. The normalized spacial score (nSPS) is 15.9. The third-order valence-electron chi connectivity index (χ3n) is 4.58. The fourth-order valence-electron chi connectivity index (χ4n) is 3.32. The molecule has 1 saturated carbocycles. The number of hydrogen-bond donors (Lipinski definition) is 1. The lowest BCUT2D eigenvalue weighted by molar-refractivity contribution is -0.134. The van der Waals surface area contributed by atoms with Gasteiger partial charge in [0.1, 0.15) is 0 Å². The molecule has 1 aromatic carbocycles. The maximum atomic E-state index is 12.6. The molecule has 2 N–H and O–H groups in total. The maximum Gasteiger partial charge on any atom is 0.223 e. The molecule has 0 heterocycles. The third kappa shape index (κ3) is 4.57. The molecule has 116 valence electrons. The van der Waals surface area contributed by atoms with E-state index in [2.05, 4.69) is 24.0 Å². The van der Waals surface area contributed by atoms with Crippen LogP contribution in [-0.2, 0) is 11.2 Å². The van der Waals surface area contributed by atoms with Crippen molar-refractivity contribution in [1.29, 1.82) is 0 Å². The average molecular weight is 288 g/mol. The molecule has 0 bridgehead atoms. The van der Waals surface area contributed by atoms with Crippen LogP contribution in [-0.4, -0.2) is 29.9 Å². The number of benzene rings is 1. The van der Waals surface area contributed by atoms with Crippen LogP contribution >= 0.6 is 0 Å². The molecule has 0 atom stereocenters. The zero-order chi connectivity index (χ0) is 15.1. The van der Waals surface area contributed by atoms with E-state index < -0.39 is 0 Å². The summed E-state index contributed by atoms with van der Waals surface area (Å²) < 4.78 is 0. The van der Waals surface area contributed by atoms with Gasteiger partial charge in [-0.2, -0.15) is 0 Å². The fraction of sp³-hybridized carbons (Fsp3) is 0.611. The molecular weight excluding hydrogens is 260 g/mol. The van der Waals surface area contributed by atoms with E-state index in [-0.39, 0.29) is 5.91 Å². The number of carbonyl (C=O) groups excluding carboxylic acids is 1. The van der Waals surface area contributed by atoms with Crippen LogP contribution in [0.2, 0.25) is 0 Å². The lowest BCUT2D eigenvalue weighted by Crippen LogP contribution is -2.44. The second-order valence-corrected chi connectivity index (χ2v) is 6.09. The van der Waals surface area contributed by atoms with Crippen LogP contribution in [0.3, 0.4) is 0 Å². The van der Waals surface area contributed by atoms with Crippen LogP contribution in [0.25, 0.3) is 0 Å². The third-order valence-corrected chi connectivity index (χ3v) is 4.58. The Kier molecular flexibility index (Phi) is 6.24. The van der Waals surface area contributed by atoms with Gasteiger partial charge in [0.25, 0.3) is 0 Å². The van der Waals surface area contributed by atoms with Gasteiger partial charge in [-0.15, -0.1) is 0 Å². The first-order valence-corrected chi connectivity index (χ1v) is 8.26. The molecule has 3 heteroatoms. The highest BCUT2D eigenvalue weighted by Gasteiger charge is 2.24. The molecule has 1 aliphatic rings. The highest BCUT2D eigenvalue weighted by Crippen LogP contribution is 2.23. The summed E-state index contributed by atoms with van der Waals surface area (Å²) in [7, 11) is 0. The van der Waals surface area contributed by atoms with Crippen molar-refractivity contribution in [3.63, 3.8) is 0 Å². The van der Waals surface area contributed by atoms with E-state index in [4.69, 9.17) is 5.73 Å². The molecule has 0 aliphatic heterocycles. The number of rotatable bonds is 6. The number of aryl methyl sites for hydroxylation is 2. The fourth-order valence-corrected chi connectivity index (χ4v) is 3.32. The second-order valence-electron chi connectivity index (χ2n) is 6.09. The van der Waals surface area contributed by atoms with Crippen LogP contribution < -0.4 is 5.73 Å². The molecule has 2 rings (SSSR count). The smallest absolute Gasteiger partial charge is 0.223 e. The van der Waals surface area contributed by atoms with Crippen LogP contribution in [0, 0.1) is 6.92 Å². The Morgan fingerprint density at radius 3 is 2.62 bits per heavy atom. The van der Waals surface area contributed by atoms with Crippen molar-refractivity contribution >= 4 is 5.91 Å². The predicted octanol–water partition coefficient (Wildman–Crippen LogP) is 3.05. The molecule has 0 saturated heterocycles. The first kappa shape index (κ1) is 16.0. The predicted molar refractivity (Wildman–Crippen MR) is 87.1 cm³/mol. The van der Waals surface area contributed by atoms with Gasteiger partial charge in [-0.3, -0.25) is 4.79 Å². The topological polar surface area (TPSA) is 46.3 Å². The zero-order valence-electron chi connectivity index (χ0n) is 13.2. The Morgan fingerprint density at radius 1 is 1.24 bits per heavy atom. The Labute approximate surface area is 128 Å². The molecule has 1 aliphatic carbocycles. The van der Waals surface area contributed by atoms with E-state index in [9.17, 15) is 4.79 Å². The molecule has 0 radical (unpaired) electrons. The Bertz CT molecular complexity index is 452. The Balaban J connectivity index is 1.93. The summed E-state index contributed by atoms with van der Waals surface area (Å²) >= 11 is 0. The SMILES string of the molecule is Cc1ccccc1CCC(=O)N(CCN)C1CCCCC1. The molecule has 3 nitrogen and oxygen atoms in total. The number of nitrogens with zero attached hydrogens (tertiary/aromatic N) is 1. The zero-order valence-corrected chi connectivity index (χ0v) is 13.2. The Morgan fingerprint density at radius 2 is 1.95 bits per heavy atom. The minimum absolute atomic E-state index is 0.274. The van der Waals surface area contributed by atoms with Gasteiger partial charge in [0, 0.05) is 25.6 Å². The van der Waals surface area contributed by atoms with Gasteiger partial charge in [0.2, 0.25) is 5.91 Å². The lowest BCUT2D eigenvalue weighted by Gasteiger charge is -2.34. The van der Waals surface area contributed by atoms with E-state index in [0.29, 0.717) is 25.6 Å². The van der Waals surface area contributed by atoms with E-state index in [1.807, 2.05) is 12.1 Å². The van der Waals surface area contributed by atoms with Gasteiger partial charge >= 0.3 is 0 Å². The van der Waals surface area contributed by atoms with Crippen molar-refractivity contribution in [2.75, 3.05) is 13.1 Å². The number of hydrogen-bond acceptors (Lipinski definition) is 2. The summed E-state index contributed by atoms with van der Waals surface area (Å²) in [5.41, 5.74) is 8.26. The summed E-state index contributed by atoms with van der Waals surface area (Å²) in [6.45, 7) is 3.38. The monoisotopic (exact) mass is 288 g/mol. The minimum Gasteiger partial charge on any atom is -0.338 e. The van der Waals surface area contributed by atoms with Crippen molar-refractivity contribution in [1.82, 2.24) is 4.90 Å². The van der Waals surface area contributed by atoms with Crippen LogP contribution in [0.4, 0.5) is 0 Å². The quantitative estimate of drug-likeness (QED) is 0.874. The van der Waals surface area contributed by atoms with E-state index in [1.54, 1.807) is 0 Å². The number of carbonyl (C=O) groups is 1. The van der Waals surface area contributed by atoms with Crippen LogP contribution in [0.15, 0.2) is 24.3 Å². The number of nitrogens with two attached hydrogens (primary N) is 1. The van der Waals surface area contributed by atoms with Gasteiger partial charge in [0.15, 0.2) is 0 Å². The average Bonchev–Trinajstić information content (AvgIpc) is 2.52. The summed E-state index contributed by atoms with van der Waals surface area (Å²) in [5, 5.41) is 0. The molecule has 1 amide bonds. The van der Waals surface area contributed by atoms with Crippen molar-refractivity contribution in [2.24, 2.45) is 5.73 Å². The standard InChI is InChI=1S/C18H28N2O/c1-15-7-5-6-8-16(15)11-12-18(21)20(14-13-19)17-9-3-2-4-10-17/h5-8,17H,2-4,9-14,19H2,1H3. The molecule has 1 aromatic rings. The number of amides is 1. The van der Waals surface area contributed by atoms with Crippen LogP contribution in [0.5, 0.6) is 0 Å². The van der Waals surface area contributed by atoms with E-state index in [0.717, 1.165) is 19.3 Å². The Hall–Kier alpha value is -1.35. The van der Waals surface area contributed by atoms with Gasteiger partial charge in [-0.05, 0) is 37.3 Å². The highest BCUT2D eigenvalue weighted by molar-refractivity contribution is 5.77. The van der Waals surface area contributed by atoms with Crippen molar-refractivity contribution in [2.45, 2.75) is 57.9 Å². The van der Waals surface area contributed by atoms with Gasteiger partial charge in [0.05, 0.1) is 0 Å².